The molecule has 1 unspecified atom stereocenters. The summed E-state index contributed by atoms with van der Waals surface area (Å²) in [5, 5.41) is 0. The number of unbranched alkanes of at least 4 members (excludes halogenated alkanes) is 1. The normalized spacial score (nSPS) is 15.0. The van der Waals surface area contributed by atoms with E-state index >= 15 is 0 Å². The summed E-state index contributed by atoms with van der Waals surface area (Å²) in [5.74, 6) is 2.57. The van der Waals surface area contributed by atoms with E-state index in [-0.39, 0.29) is 0 Å². The molecule has 0 aliphatic carbocycles. The Labute approximate surface area is 97.8 Å². The van der Waals surface area contributed by atoms with Crippen LogP contribution in [0.15, 0.2) is 0 Å². The van der Waals surface area contributed by atoms with E-state index < -0.39 is 0 Å². The highest BCUT2D eigenvalue weighted by molar-refractivity contribution is 4.76. The Hall–Kier alpha value is 0. The lowest BCUT2D eigenvalue weighted by molar-refractivity contribution is 0.161. The number of hydrogen-bond acceptors (Lipinski definition) is 0. The van der Waals surface area contributed by atoms with Crippen LogP contribution in [0.5, 0.6) is 0 Å². The largest absolute Gasteiger partial charge is 0.0628 e. The van der Waals surface area contributed by atoms with Gasteiger partial charge in [0.25, 0.3) is 0 Å². The van der Waals surface area contributed by atoms with Crippen LogP contribution in [-0.2, 0) is 0 Å². The molecule has 0 aromatic rings. The lowest BCUT2D eigenvalue weighted by Crippen LogP contribution is -2.25. The summed E-state index contributed by atoms with van der Waals surface area (Å²) in [7, 11) is 0. The van der Waals surface area contributed by atoms with Crippen molar-refractivity contribution in [2.24, 2.45) is 23.2 Å². The molecule has 0 saturated heterocycles. The van der Waals surface area contributed by atoms with Crippen molar-refractivity contribution in [3.05, 3.63) is 0 Å². The summed E-state index contributed by atoms with van der Waals surface area (Å²) >= 11 is 0. The molecule has 0 saturated carbocycles. The number of hydrogen-bond donors (Lipinski definition) is 0. The van der Waals surface area contributed by atoms with Crippen molar-refractivity contribution in [2.75, 3.05) is 0 Å². The van der Waals surface area contributed by atoms with E-state index in [9.17, 15) is 0 Å². The van der Waals surface area contributed by atoms with E-state index in [0.717, 1.165) is 17.8 Å². The van der Waals surface area contributed by atoms with Crippen LogP contribution < -0.4 is 0 Å². The molecule has 0 rings (SSSR count). The number of rotatable bonds is 6. The molecular formula is C15H32. The van der Waals surface area contributed by atoms with Gasteiger partial charge in [-0.15, -0.1) is 0 Å². The highest BCUT2D eigenvalue weighted by atomic mass is 14.3. The highest BCUT2D eigenvalue weighted by Gasteiger charge is 2.26. The van der Waals surface area contributed by atoms with Crippen LogP contribution in [0.2, 0.25) is 0 Å². The lowest BCUT2D eigenvalue weighted by Gasteiger charge is -2.34. The zero-order chi connectivity index (χ0) is 12.1. The minimum absolute atomic E-state index is 0.478. The fourth-order valence-corrected chi connectivity index (χ4v) is 2.68. The molecule has 0 heteroatoms. The van der Waals surface area contributed by atoms with Crippen LogP contribution >= 0.6 is 0 Å². The van der Waals surface area contributed by atoms with Gasteiger partial charge in [-0.05, 0) is 29.6 Å². The Bertz CT molecular complexity index is 148. The first-order valence-electron chi connectivity index (χ1n) is 6.75. The molecule has 0 N–H and O–H groups in total. The first-order chi connectivity index (χ1) is 6.75. The average molecular weight is 212 g/mol. The van der Waals surface area contributed by atoms with Crippen molar-refractivity contribution in [3.63, 3.8) is 0 Å². The molecule has 0 aliphatic heterocycles. The second-order valence-electron chi connectivity index (χ2n) is 6.89. The van der Waals surface area contributed by atoms with Gasteiger partial charge in [-0.1, -0.05) is 67.7 Å². The minimum Gasteiger partial charge on any atom is -0.0628 e. The third-order valence-electron chi connectivity index (χ3n) is 3.46. The molecule has 0 bridgehead atoms. The summed E-state index contributed by atoms with van der Waals surface area (Å²) in [6.07, 6.45) is 5.64. The maximum atomic E-state index is 2.39. The first-order valence-corrected chi connectivity index (χ1v) is 6.75. The third kappa shape index (κ3) is 6.98. The van der Waals surface area contributed by atoms with Gasteiger partial charge in [-0.2, -0.15) is 0 Å². The van der Waals surface area contributed by atoms with Crippen LogP contribution in [0.4, 0.5) is 0 Å². The van der Waals surface area contributed by atoms with Gasteiger partial charge in [0.05, 0.1) is 0 Å². The summed E-state index contributed by atoms with van der Waals surface area (Å²) in [5.41, 5.74) is 0.478. The Morgan fingerprint density at radius 1 is 0.800 bits per heavy atom. The van der Waals surface area contributed by atoms with Crippen LogP contribution in [-0.4, -0.2) is 0 Å². The van der Waals surface area contributed by atoms with E-state index in [4.69, 9.17) is 0 Å². The van der Waals surface area contributed by atoms with Crippen molar-refractivity contribution in [1.82, 2.24) is 0 Å². The van der Waals surface area contributed by atoms with Gasteiger partial charge in [-0.25, -0.2) is 0 Å². The standard InChI is InChI=1S/C15H32/c1-12(2)10-8-9-11-14(13(3)4)15(5,6)7/h12-14H,8-11H2,1-7H3. The molecular weight excluding hydrogens is 180 g/mol. The molecule has 0 spiro atoms. The molecule has 0 fully saturated rings. The summed E-state index contributed by atoms with van der Waals surface area (Å²) in [6.45, 7) is 16.6. The van der Waals surface area contributed by atoms with Crippen LogP contribution in [0.3, 0.4) is 0 Å². The lowest BCUT2D eigenvalue weighted by atomic mass is 9.72. The van der Waals surface area contributed by atoms with Crippen molar-refractivity contribution in [1.29, 1.82) is 0 Å². The summed E-state index contributed by atoms with van der Waals surface area (Å²) < 4.78 is 0. The molecule has 1 atom stereocenters. The van der Waals surface area contributed by atoms with Crippen molar-refractivity contribution >= 4 is 0 Å². The summed E-state index contributed by atoms with van der Waals surface area (Å²) in [4.78, 5) is 0. The van der Waals surface area contributed by atoms with Gasteiger partial charge in [0.15, 0.2) is 0 Å². The van der Waals surface area contributed by atoms with Gasteiger partial charge >= 0.3 is 0 Å². The van der Waals surface area contributed by atoms with Crippen LogP contribution in [0.1, 0.15) is 74.1 Å². The Morgan fingerprint density at radius 3 is 1.60 bits per heavy atom. The molecule has 92 valence electrons. The first kappa shape index (κ1) is 15.0. The van der Waals surface area contributed by atoms with Crippen LogP contribution in [0.25, 0.3) is 0 Å². The summed E-state index contributed by atoms with van der Waals surface area (Å²) in [6, 6.07) is 0. The second-order valence-corrected chi connectivity index (χ2v) is 6.89. The molecule has 15 heavy (non-hydrogen) atoms. The van der Waals surface area contributed by atoms with E-state index in [1.54, 1.807) is 0 Å². The molecule has 0 aromatic carbocycles. The van der Waals surface area contributed by atoms with Gasteiger partial charge < -0.3 is 0 Å². The predicted octanol–water partition coefficient (Wildman–Crippen LogP) is 5.52. The van der Waals surface area contributed by atoms with E-state index in [0.29, 0.717) is 5.41 Å². The Morgan fingerprint density at radius 2 is 1.27 bits per heavy atom. The predicted molar refractivity (Wildman–Crippen MR) is 71.1 cm³/mol. The Kier molecular flexibility index (Phi) is 6.55. The van der Waals surface area contributed by atoms with Crippen LogP contribution in [0, 0.1) is 23.2 Å². The molecule has 0 radical (unpaired) electrons. The maximum Gasteiger partial charge on any atom is -0.0342 e. The molecule has 0 amide bonds. The fraction of sp³-hybridized carbons (Fsp3) is 1.00. The van der Waals surface area contributed by atoms with Crippen molar-refractivity contribution in [3.8, 4) is 0 Å². The zero-order valence-corrected chi connectivity index (χ0v) is 12.1. The fourth-order valence-electron chi connectivity index (χ4n) is 2.68. The molecule has 0 nitrogen and oxygen atoms in total. The highest BCUT2D eigenvalue weighted by Crippen LogP contribution is 2.36. The van der Waals surface area contributed by atoms with Gasteiger partial charge in [0.1, 0.15) is 0 Å². The third-order valence-corrected chi connectivity index (χ3v) is 3.46. The molecule has 0 aliphatic rings. The van der Waals surface area contributed by atoms with E-state index in [1.165, 1.54) is 25.7 Å². The van der Waals surface area contributed by atoms with E-state index in [1.807, 2.05) is 0 Å². The van der Waals surface area contributed by atoms with Gasteiger partial charge in [-0.3, -0.25) is 0 Å². The van der Waals surface area contributed by atoms with Gasteiger partial charge in [0, 0.05) is 0 Å². The topological polar surface area (TPSA) is 0 Å². The molecule has 0 aromatic heterocycles. The van der Waals surface area contributed by atoms with Crippen molar-refractivity contribution in [2.45, 2.75) is 74.1 Å². The average Bonchev–Trinajstić information content (AvgIpc) is 1.99. The molecule has 0 heterocycles. The maximum absolute atomic E-state index is 2.39. The smallest absolute Gasteiger partial charge is 0.0342 e. The quantitative estimate of drug-likeness (QED) is 0.508. The SMILES string of the molecule is CC(C)CCCCC(C(C)C)C(C)(C)C. The Balaban J connectivity index is 3.89. The minimum atomic E-state index is 0.478. The van der Waals surface area contributed by atoms with Crippen molar-refractivity contribution < 1.29 is 0 Å². The second kappa shape index (κ2) is 6.55. The van der Waals surface area contributed by atoms with E-state index in [2.05, 4.69) is 48.5 Å². The van der Waals surface area contributed by atoms with Gasteiger partial charge in [0.2, 0.25) is 0 Å². The monoisotopic (exact) mass is 212 g/mol. The zero-order valence-electron chi connectivity index (χ0n) is 12.1.